The van der Waals surface area contributed by atoms with E-state index in [-0.39, 0.29) is 5.95 Å². The zero-order valence-corrected chi connectivity index (χ0v) is 17.8. The lowest BCUT2D eigenvalue weighted by Crippen LogP contribution is -2.32. The van der Waals surface area contributed by atoms with E-state index in [0.29, 0.717) is 23.9 Å². The van der Waals surface area contributed by atoms with E-state index >= 15 is 0 Å². The fourth-order valence-corrected chi connectivity index (χ4v) is 3.77. The number of allylic oxidation sites excluding steroid dienone is 1. The quantitative estimate of drug-likeness (QED) is 0.665. The number of nitrogens with zero attached hydrogens (tertiary/aromatic N) is 4. The Labute approximate surface area is 182 Å². The minimum atomic E-state index is -0.403. The monoisotopic (exact) mass is 420 g/mol. The lowest BCUT2D eigenvalue weighted by Gasteiger charge is -2.26. The maximum atomic E-state index is 11.5. The largest absolute Gasteiger partial charge is 0.492 e. The smallest absolute Gasteiger partial charge is 0.245 e. The standard InChI is InChI=1S/C23H28N6O2/c1-17-5-7-19(8-6-17)29-22(24)26-23(27-29)25-21-10-9-20(15-18(21)16-30)31-14-13-28-11-3-2-4-12-28/h5-10,15,21H,2-4,11-14H2,1H3,(H3,24,25,26,27). The van der Waals surface area contributed by atoms with Crippen molar-refractivity contribution < 1.29 is 9.53 Å². The van der Waals surface area contributed by atoms with Crippen LogP contribution in [0.4, 0.5) is 11.9 Å². The Kier molecular flexibility index (Phi) is 6.50. The van der Waals surface area contributed by atoms with Crippen molar-refractivity contribution in [3.63, 3.8) is 0 Å². The molecular weight excluding hydrogens is 392 g/mol. The number of nitrogens with two attached hydrogens (primary N) is 1. The molecule has 31 heavy (non-hydrogen) atoms. The third-order valence-corrected chi connectivity index (χ3v) is 5.52. The highest BCUT2D eigenvalue weighted by molar-refractivity contribution is 5.65. The van der Waals surface area contributed by atoms with Gasteiger partial charge in [0.15, 0.2) is 0 Å². The number of anilines is 2. The van der Waals surface area contributed by atoms with Crippen LogP contribution in [0.2, 0.25) is 0 Å². The first kappa shape index (κ1) is 20.9. The molecule has 1 aromatic heterocycles. The van der Waals surface area contributed by atoms with E-state index in [2.05, 4.69) is 20.3 Å². The SMILES string of the molecule is Cc1ccc(-n2nc(NC3C=CC(OCCN4CCCCC4)=CC3=C=O)nc2N)cc1. The van der Waals surface area contributed by atoms with Crippen LogP contribution < -0.4 is 11.1 Å². The van der Waals surface area contributed by atoms with Gasteiger partial charge in [-0.25, -0.2) is 4.79 Å². The normalized spacial score (nSPS) is 19.1. The molecule has 3 N–H and O–H groups in total. The number of benzene rings is 1. The lowest BCUT2D eigenvalue weighted by atomic mass is 10.0. The molecular formula is C23H28N6O2. The average Bonchev–Trinajstić information content (AvgIpc) is 3.16. The number of aryl methyl sites for hydroxylation is 1. The van der Waals surface area contributed by atoms with Crippen LogP contribution in [0.25, 0.3) is 5.69 Å². The summed E-state index contributed by atoms with van der Waals surface area (Å²) < 4.78 is 7.42. The molecule has 0 bridgehead atoms. The molecule has 8 nitrogen and oxygen atoms in total. The molecule has 0 amide bonds. The summed E-state index contributed by atoms with van der Waals surface area (Å²) in [4.78, 5) is 18.2. The zero-order chi connectivity index (χ0) is 21.6. The van der Waals surface area contributed by atoms with Gasteiger partial charge in [0.05, 0.1) is 17.3 Å². The van der Waals surface area contributed by atoms with Gasteiger partial charge in [0.2, 0.25) is 11.9 Å². The van der Waals surface area contributed by atoms with E-state index in [0.717, 1.165) is 30.9 Å². The van der Waals surface area contributed by atoms with Crippen molar-refractivity contribution in [2.24, 2.45) is 0 Å². The summed E-state index contributed by atoms with van der Waals surface area (Å²) in [6.45, 7) is 5.78. The minimum Gasteiger partial charge on any atom is -0.492 e. The van der Waals surface area contributed by atoms with E-state index in [1.165, 1.54) is 19.3 Å². The molecule has 4 rings (SSSR count). The minimum absolute atomic E-state index is 0.264. The summed E-state index contributed by atoms with van der Waals surface area (Å²) in [5.41, 5.74) is 8.43. The highest BCUT2D eigenvalue weighted by Gasteiger charge is 2.19. The molecule has 0 saturated carbocycles. The lowest BCUT2D eigenvalue weighted by molar-refractivity contribution is 0.148. The molecule has 162 valence electrons. The molecule has 1 aliphatic heterocycles. The summed E-state index contributed by atoms with van der Waals surface area (Å²) in [6, 6.07) is 7.42. The van der Waals surface area contributed by atoms with E-state index in [4.69, 9.17) is 10.5 Å². The average molecular weight is 421 g/mol. The van der Waals surface area contributed by atoms with Crippen LogP contribution in [0.1, 0.15) is 24.8 Å². The summed E-state index contributed by atoms with van der Waals surface area (Å²) in [5.74, 6) is 3.25. The summed E-state index contributed by atoms with van der Waals surface area (Å²) in [7, 11) is 0. The number of hydrogen-bond donors (Lipinski definition) is 2. The number of likely N-dealkylation sites (tertiary alicyclic amines) is 1. The molecule has 0 spiro atoms. The van der Waals surface area contributed by atoms with E-state index < -0.39 is 6.04 Å². The zero-order valence-electron chi connectivity index (χ0n) is 17.8. The van der Waals surface area contributed by atoms with Gasteiger partial charge in [-0.2, -0.15) is 9.67 Å². The van der Waals surface area contributed by atoms with Crippen LogP contribution in [0.15, 0.2) is 53.8 Å². The van der Waals surface area contributed by atoms with E-state index in [9.17, 15) is 4.79 Å². The van der Waals surface area contributed by atoms with Gasteiger partial charge in [0.25, 0.3) is 0 Å². The number of ether oxygens (including phenoxy) is 1. The topological polar surface area (TPSA) is 98.3 Å². The Morgan fingerprint density at radius 1 is 1.23 bits per heavy atom. The molecule has 0 radical (unpaired) electrons. The van der Waals surface area contributed by atoms with Crippen LogP contribution >= 0.6 is 0 Å². The Morgan fingerprint density at radius 2 is 2.00 bits per heavy atom. The number of carbonyl (C=O) groups excluding carboxylic acids is 1. The molecule has 1 aliphatic carbocycles. The Morgan fingerprint density at radius 3 is 2.74 bits per heavy atom. The highest BCUT2D eigenvalue weighted by Crippen LogP contribution is 2.20. The van der Waals surface area contributed by atoms with Crippen LogP contribution in [0.3, 0.4) is 0 Å². The second-order valence-electron chi connectivity index (χ2n) is 7.88. The maximum absolute atomic E-state index is 11.5. The van der Waals surface area contributed by atoms with Crippen molar-refractivity contribution in [3.8, 4) is 5.69 Å². The van der Waals surface area contributed by atoms with Gasteiger partial charge >= 0.3 is 0 Å². The summed E-state index contributed by atoms with van der Waals surface area (Å²) in [6.07, 6.45) is 9.24. The van der Waals surface area contributed by atoms with Gasteiger partial charge < -0.3 is 15.8 Å². The molecule has 2 heterocycles. The fourth-order valence-electron chi connectivity index (χ4n) is 3.77. The number of nitrogen functional groups attached to an aromatic ring is 1. The number of hydrogen-bond acceptors (Lipinski definition) is 7. The van der Waals surface area contributed by atoms with Crippen molar-refractivity contribution >= 4 is 17.8 Å². The van der Waals surface area contributed by atoms with E-state index in [1.54, 1.807) is 10.8 Å². The molecule has 8 heteroatoms. The second kappa shape index (κ2) is 9.64. The number of nitrogens with one attached hydrogen (secondary N) is 1. The van der Waals surface area contributed by atoms with Gasteiger partial charge in [0, 0.05) is 6.54 Å². The van der Waals surface area contributed by atoms with Gasteiger partial charge in [-0.05, 0) is 57.1 Å². The van der Waals surface area contributed by atoms with E-state index in [1.807, 2.05) is 49.3 Å². The highest BCUT2D eigenvalue weighted by atomic mass is 16.5. The van der Waals surface area contributed by atoms with Gasteiger partial charge in [-0.1, -0.05) is 30.2 Å². The van der Waals surface area contributed by atoms with Gasteiger partial charge in [-0.3, -0.25) is 4.90 Å². The van der Waals surface area contributed by atoms with Crippen LogP contribution in [0, 0.1) is 6.92 Å². The Balaban J connectivity index is 1.36. The maximum Gasteiger partial charge on any atom is 0.245 e. The Bertz CT molecular complexity index is 1010. The third kappa shape index (κ3) is 5.23. The molecule has 1 aromatic carbocycles. The predicted molar refractivity (Wildman–Crippen MR) is 121 cm³/mol. The molecule has 1 saturated heterocycles. The van der Waals surface area contributed by atoms with Crippen molar-refractivity contribution in [3.05, 3.63) is 59.4 Å². The first-order chi connectivity index (χ1) is 15.1. The molecule has 1 atom stereocenters. The molecule has 2 aliphatic rings. The van der Waals surface area contributed by atoms with Gasteiger partial charge in [-0.15, -0.1) is 5.10 Å². The second-order valence-corrected chi connectivity index (χ2v) is 7.88. The molecule has 1 unspecified atom stereocenters. The van der Waals surface area contributed by atoms with Crippen LogP contribution in [-0.2, 0) is 9.53 Å². The Hall–Kier alpha value is -3.35. The third-order valence-electron chi connectivity index (χ3n) is 5.52. The number of piperidine rings is 1. The van der Waals surface area contributed by atoms with Crippen LogP contribution in [0.5, 0.6) is 0 Å². The number of aromatic nitrogens is 3. The van der Waals surface area contributed by atoms with Gasteiger partial charge in [0.1, 0.15) is 18.3 Å². The van der Waals surface area contributed by atoms with Crippen LogP contribution in [-0.4, -0.2) is 57.9 Å². The van der Waals surface area contributed by atoms with Crippen molar-refractivity contribution in [1.29, 1.82) is 0 Å². The van der Waals surface area contributed by atoms with Crippen molar-refractivity contribution in [2.45, 2.75) is 32.2 Å². The molecule has 2 aromatic rings. The summed E-state index contributed by atoms with van der Waals surface area (Å²) in [5, 5.41) is 7.56. The first-order valence-electron chi connectivity index (χ1n) is 10.7. The number of rotatable bonds is 7. The van der Waals surface area contributed by atoms with Crippen molar-refractivity contribution in [1.82, 2.24) is 19.7 Å². The predicted octanol–water partition coefficient (Wildman–Crippen LogP) is 2.65. The first-order valence-corrected chi connectivity index (χ1v) is 10.7. The fraction of sp³-hybridized carbons (Fsp3) is 0.391. The molecule has 1 fully saturated rings. The van der Waals surface area contributed by atoms with Crippen molar-refractivity contribution in [2.75, 3.05) is 37.3 Å². The summed E-state index contributed by atoms with van der Waals surface area (Å²) >= 11 is 0.